The van der Waals surface area contributed by atoms with E-state index in [2.05, 4.69) is 10.2 Å². The van der Waals surface area contributed by atoms with Crippen LogP contribution in [0.4, 0.5) is 10.8 Å². The maximum Gasteiger partial charge on any atom is 0.260 e. The van der Waals surface area contributed by atoms with Crippen LogP contribution in [-0.4, -0.2) is 40.4 Å². The summed E-state index contributed by atoms with van der Waals surface area (Å²) in [6.45, 7) is 0.0873. The second kappa shape index (κ2) is 6.42. The number of aromatic nitrogens is 2. The highest BCUT2D eigenvalue weighted by Crippen LogP contribution is 2.34. The van der Waals surface area contributed by atoms with Crippen LogP contribution in [0, 0.1) is 0 Å². The Hall–Kier alpha value is -2.33. The van der Waals surface area contributed by atoms with Gasteiger partial charge in [0.25, 0.3) is 5.91 Å². The molecule has 1 aliphatic rings. The Bertz CT molecular complexity index is 751. The largest absolute Gasteiger partial charge is 0.477 e. The van der Waals surface area contributed by atoms with Gasteiger partial charge in [0.2, 0.25) is 11.0 Å². The van der Waals surface area contributed by atoms with E-state index in [0.717, 1.165) is 0 Å². The highest BCUT2D eigenvalue weighted by molar-refractivity contribution is 8.01. The van der Waals surface area contributed by atoms with Crippen LogP contribution in [0.25, 0.3) is 0 Å². The summed E-state index contributed by atoms with van der Waals surface area (Å²) in [5.41, 5.74) is 11.4. The quantitative estimate of drug-likeness (QED) is 0.768. The normalized spacial score (nSPS) is 16.5. The first-order valence-corrected chi connectivity index (χ1v) is 8.42. The molecule has 23 heavy (non-hydrogen) atoms. The SMILES string of the molecule is NC(=O)[C@@H]1CN(C(=O)CSc2nnc(N)s2)c2ccccc2O1. The Morgan fingerprint density at radius 3 is 2.87 bits per heavy atom. The zero-order valence-corrected chi connectivity index (χ0v) is 13.5. The maximum atomic E-state index is 12.5. The molecule has 2 amide bonds. The Morgan fingerprint density at radius 1 is 1.39 bits per heavy atom. The zero-order valence-electron chi connectivity index (χ0n) is 11.8. The predicted molar refractivity (Wildman–Crippen MR) is 87.5 cm³/mol. The molecule has 8 nitrogen and oxygen atoms in total. The van der Waals surface area contributed by atoms with Gasteiger partial charge in [-0.1, -0.05) is 35.2 Å². The summed E-state index contributed by atoms with van der Waals surface area (Å²) < 4.78 is 6.14. The summed E-state index contributed by atoms with van der Waals surface area (Å²) >= 11 is 2.46. The summed E-state index contributed by atoms with van der Waals surface area (Å²) in [4.78, 5) is 25.5. The fraction of sp³-hybridized carbons (Fsp3) is 0.231. The molecule has 120 valence electrons. The Morgan fingerprint density at radius 2 is 2.17 bits per heavy atom. The lowest BCUT2D eigenvalue weighted by atomic mass is 10.2. The third-order valence-corrected chi connectivity index (χ3v) is 5.00. The fourth-order valence-electron chi connectivity index (χ4n) is 2.10. The number of anilines is 2. The van der Waals surface area contributed by atoms with Crippen molar-refractivity contribution in [2.24, 2.45) is 5.73 Å². The minimum atomic E-state index is -0.865. The lowest BCUT2D eigenvalue weighted by Crippen LogP contribution is -2.49. The minimum absolute atomic E-state index is 0.0873. The average Bonchev–Trinajstić information content (AvgIpc) is 2.97. The number of nitrogens with two attached hydrogens (primary N) is 2. The van der Waals surface area contributed by atoms with E-state index in [-0.39, 0.29) is 18.2 Å². The second-order valence-electron chi connectivity index (χ2n) is 4.68. The lowest BCUT2D eigenvalue weighted by molar-refractivity contribution is -0.125. The van der Waals surface area contributed by atoms with Crippen molar-refractivity contribution >= 4 is 45.7 Å². The zero-order chi connectivity index (χ0) is 16.4. The third-order valence-electron chi connectivity index (χ3n) is 3.13. The molecule has 1 aromatic carbocycles. The number of nitrogens with zero attached hydrogens (tertiary/aromatic N) is 3. The number of ether oxygens (including phenoxy) is 1. The van der Waals surface area contributed by atoms with E-state index >= 15 is 0 Å². The molecule has 1 aliphatic heterocycles. The van der Waals surface area contributed by atoms with Crippen molar-refractivity contribution in [2.45, 2.75) is 10.4 Å². The van der Waals surface area contributed by atoms with E-state index in [1.165, 1.54) is 28.0 Å². The van der Waals surface area contributed by atoms with Crippen LogP contribution in [0.5, 0.6) is 5.75 Å². The van der Waals surface area contributed by atoms with Gasteiger partial charge in [-0.25, -0.2) is 0 Å². The van der Waals surface area contributed by atoms with Gasteiger partial charge < -0.3 is 21.1 Å². The summed E-state index contributed by atoms with van der Waals surface area (Å²) in [5.74, 6) is -0.178. The maximum absolute atomic E-state index is 12.5. The highest BCUT2D eigenvalue weighted by Gasteiger charge is 2.32. The molecule has 0 fully saturated rings. The molecule has 0 aliphatic carbocycles. The van der Waals surface area contributed by atoms with Crippen molar-refractivity contribution in [3.63, 3.8) is 0 Å². The van der Waals surface area contributed by atoms with Gasteiger partial charge in [0.05, 0.1) is 18.0 Å². The molecule has 0 saturated heterocycles. The molecule has 1 aromatic heterocycles. The first-order valence-electron chi connectivity index (χ1n) is 6.61. The van der Waals surface area contributed by atoms with Crippen molar-refractivity contribution in [1.29, 1.82) is 0 Å². The van der Waals surface area contributed by atoms with Crippen molar-refractivity contribution in [2.75, 3.05) is 22.9 Å². The first-order chi connectivity index (χ1) is 11.0. The number of carbonyl (C=O) groups excluding carboxylic acids is 2. The van der Waals surface area contributed by atoms with Gasteiger partial charge in [-0.2, -0.15) is 0 Å². The molecular formula is C13H13N5O3S2. The minimum Gasteiger partial charge on any atom is -0.477 e. The highest BCUT2D eigenvalue weighted by atomic mass is 32.2. The number of hydrogen-bond acceptors (Lipinski definition) is 8. The number of nitrogen functional groups attached to an aromatic ring is 1. The number of hydrogen-bond donors (Lipinski definition) is 2. The van der Waals surface area contributed by atoms with Gasteiger partial charge in [-0.15, -0.1) is 10.2 Å². The molecular weight excluding hydrogens is 338 g/mol. The first kappa shape index (κ1) is 15.6. The summed E-state index contributed by atoms with van der Waals surface area (Å²) in [5, 5.41) is 7.91. The number of benzene rings is 1. The van der Waals surface area contributed by atoms with Crippen LogP contribution < -0.4 is 21.1 Å². The lowest BCUT2D eigenvalue weighted by Gasteiger charge is -2.33. The van der Waals surface area contributed by atoms with Crippen LogP contribution in [-0.2, 0) is 9.59 Å². The van der Waals surface area contributed by atoms with E-state index in [1.54, 1.807) is 24.3 Å². The molecule has 0 spiro atoms. The number of para-hydroxylation sites is 2. The molecule has 10 heteroatoms. The number of carbonyl (C=O) groups is 2. The van der Waals surface area contributed by atoms with E-state index in [9.17, 15) is 9.59 Å². The standard InChI is InChI=1S/C13H13N5O3S2/c14-11(20)9-5-18(7-3-1-2-4-8(7)21-9)10(19)6-22-13-17-16-12(15)23-13/h1-4,9H,5-6H2,(H2,14,20)(H2,15,16)/t9-/m0/s1. The van der Waals surface area contributed by atoms with Crippen LogP contribution in [0.1, 0.15) is 0 Å². The number of rotatable bonds is 4. The van der Waals surface area contributed by atoms with Crippen molar-refractivity contribution in [3.05, 3.63) is 24.3 Å². The van der Waals surface area contributed by atoms with E-state index in [0.29, 0.717) is 20.9 Å². The Balaban J connectivity index is 1.76. The smallest absolute Gasteiger partial charge is 0.260 e. The summed E-state index contributed by atoms with van der Waals surface area (Å²) in [7, 11) is 0. The number of thioether (sulfide) groups is 1. The van der Waals surface area contributed by atoms with Gasteiger partial charge in [-0.05, 0) is 12.1 Å². The molecule has 0 saturated carbocycles. The number of primary amides is 1. The van der Waals surface area contributed by atoms with Gasteiger partial charge >= 0.3 is 0 Å². The Kier molecular flexibility index (Phi) is 4.35. The summed E-state index contributed by atoms with van der Waals surface area (Å²) in [6.07, 6.45) is -0.865. The molecule has 4 N–H and O–H groups in total. The van der Waals surface area contributed by atoms with Gasteiger partial charge in [0, 0.05) is 0 Å². The fourth-order valence-corrected chi connectivity index (χ4v) is 3.61. The average molecular weight is 351 g/mol. The molecule has 0 radical (unpaired) electrons. The Labute approximate surface area is 139 Å². The van der Waals surface area contributed by atoms with Gasteiger partial charge in [0.1, 0.15) is 5.75 Å². The van der Waals surface area contributed by atoms with Crippen LogP contribution in [0.3, 0.4) is 0 Å². The number of amides is 2. The summed E-state index contributed by atoms with van der Waals surface area (Å²) in [6, 6.07) is 7.02. The van der Waals surface area contributed by atoms with Crippen LogP contribution in [0.2, 0.25) is 0 Å². The molecule has 0 unspecified atom stereocenters. The molecule has 3 rings (SSSR count). The monoisotopic (exact) mass is 351 g/mol. The van der Waals surface area contributed by atoms with E-state index in [1.807, 2.05) is 0 Å². The molecule has 2 aromatic rings. The third kappa shape index (κ3) is 3.37. The van der Waals surface area contributed by atoms with Crippen molar-refractivity contribution in [3.8, 4) is 5.75 Å². The van der Waals surface area contributed by atoms with Crippen LogP contribution >= 0.6 is 23.1 Å². The van der Waals surface area contributed by atoms with Crippen LogP contribution in [0.15, 0.2) is 28.6 Å². The van der Waals surface area contributed by atoms with Crippen molar-refractivity contribution in [1.82, 2.24) is 10.2 Å². The topological polar surface area (TPSA) is 124 Å². The number of fused-ring (bicyclic) bond motifs is 1. The van der Waals surface area contributed by atoms with E-state index < -0.39 is 12.0 Å². The predicted octanol–water partition coefficient (Wildman–Crippen LogP) is 0.492. The molecule has 1 atom stereocenters. The molecule has 2 heterocycles. The molecule has 0 bridgehead atoms. The van der Waals surface area contributed by atoms with Gasteiger partial charge in [0.15, 0.2) is 10.4 Å². The van der Waals surface area contributed by atoms with Crippen molar-refractivity contribution < 1.29 is 14.3 Å². The second-order valence-corrected chi connectivity index (χ2v) is 6.91. The van der Waals surface area contributed by atoms with E-state index in [4.69, 9.17) is 16.2 Å². The van der Waals surface area contributed by atoms with Gasteiger partial charge in [-0.3, -0.25) is 9.59 Å².